The van der Waals surface area contributed by atoms with Crippen molar-refractivity contribution in [3.8, 4) is 0 Å². The van der Waals surface area contributed by atoms with E-state index in [4.69, 9.17) is 10.2 Å². The van der Waals surface area contributed by atoms with Gasteiger partial charge in [0.15, 0.2) is 0 Å². The van der Waals surface area contributed by atoms with Crippen molar-refractivity contribution in [1.29, 1.82) is 0 Å². The first kappa shape index (κ1) is 12.2. The summed E-state index contributed by atoms with van der Waals surface area (Å²) in [4.78, 5) is 21.7. The van der Waals surface area contributed by atoms with E-state index in [9.17, 15) is 9.59 Å². The predicted octanol–water partition coefficient (Wildman–Crippen LogP) is 2.60. The SMILES string of the molecule is CCC(C)c1ccc(C(=O)O)c(C(=O)O)c1. The van der Waals surface area contributed by atoms with Gasteiger partial charge in [-0.3, -0.25) is 0 Å². The van der Waals surface area contributed by atoms with E-state index < -0.39 is 11.9 Å². The Bertz CT molecular complexity index is 423. The van der Waals surface area contributed by atoms with Gasteiger partial charge < -0.3 is 10.2 Å². The Hall–Kier alpha value is -1.84. The molecule has 0 saturated heterocycles. The molecule has 1 unspecified atom stereocenters. The molecule has 0 saturated carbocycles. The third-order valence-corrected chi connectivity index (χ3v) is 2.69. The second-order valence-corrected chi connectivity index (χ2v) is 3.72. The molecule has 0 amide bonds. The van der Waals surface area contributed by atoms with Gasteiger partial charge in [-0.25, -0.2) is 9.59 Å². The summed E-state index contributed by atoms with van der Waals surface area (Å²) in [6, 6.07) is 4.47. The molecule has 4 heteroatoms. The lowest BCUT2D eigenvalue weighted by atomic mass is 9.94. The molecule has 0 aromatic heterocycles. The summed E-state index contributed by atoms with van der Waals surface area (Å²) in [7, 11) is 0. The standard InChI is InChI=1S/C12H14O4/c1-3-7(2)8-4-5-9(11(13)14)10(6-8)12(15)16/h4-7H,3H2,1-2H3,(H,13,14)(H,15,16). The lowest BCUT2D eigenvalue weighted by Gasteiger charge is -2.11. The summed E-state index contributed by atoms with van der Waals surface area (Å²) in [6.45, 7) is 3.97. The maximum Gasteiger partial charge on any atom is 0.336 e. The molecule has 1 rings (SSSR count). The van der Waals surface area contributed by atoms with Crippen LogP contribution in [0.2, 0.25) is 0 Å². The van der Waals surface area contributed by atoms with Gasteiger partial charge in [-0.1, -0.05) is 19.9 Å². The van der Waals surface area contributed by atoms with Gasteiger partial charge in [0, 0.05) is 0 Å². The van der Waals surface area contributed by atoms with Gasteiger partial charge in [0.2, 0.25) is 0 Å². The fourth-order valence-corrected chi connectivity index (χ4v) is 1.47. The summed E-state index contributed by atoms with van der Waals surface area (Å²) in [5.74, 6) is -2.20. The summed E-state index contributed by atoms with van der Waals surface area (Å²) < 4.78 is 0. The van der Waals surface area contributed by atoms with Crippen LogP contribution in [-0.4, -0.2) is 22.2 Å². The molecule has 0 radical (unpaired) electrons. The molecule has 2 N–H and O–H groups in total. The third kappa shape index (κ3) is 2.39. The minimum Gasteiger partial charge on any atom is -0.478 e. The van der Waals surface area contributed by atoms with E-state index >= 15 is 0 Å². The monoisotopic (exact) mass is 222 g/mol. The minimum atomic E-state index is -1.21. The molecular weight excluding hydrogens is 208 g/mol. The van der Waals surface area contributed by atoms with Crippen LogP contribution in [0.4, 0.5) is 0 Å². The van der Waals surface area contributed by atoms with Gasteiger partial charge in [-0.05, 0) is 30.0 Å². The molecule has 0 aliphatic carbocycles. The largest absolute Gasteiger partial charge is 0.478 e. The van der Waals surface area contributed by atoms with Gasteiger partial charge in [0.1, 0.15) is 0 Å². The van der Waals surface area contributed by atoms with E-state index in [-0.39, 0.29) is 17.0 Å². The van der Waals surface area contributed by atoms with E-state index in [0.29, 0.717) is 0 Å². The molecule has 0 aliphatic heterocycles. The molecule has 1 atom stereocenters. The van der Waals surface area contributed by atoms with Gasteiger partial charge in [0.25, 0.3) is 0 Å². The zero-order chi connectivity index (χ0) is 12.3. The van der Waals surface area contributed by atoms with Crippen LogP contribution in [0, 0.1) is 0 Å². The van der Waals surface area contributed by atoms with Crippen molar-refractivity contribution in [3.63, 3.8) is 0 Å². The fourth-order valence-electron chi connectivity index (χ4n) is 1.47. The van der Waals surface area contributed by atoms with Crippen LogP contribution in [0.25, 0.3) is 0 Å². The number of benzene rings is 1. The van der Waals surface area contributed by atoms with Crippen molar-refractivity contribution < 1.29 is 19.8 Å². The van der Waals surface area contributed by atoms with Crippen LogP contribution in [0.15, 0.2) is 18.2 Å². The van der Waals surface area contributed by atoms with Crippen LogP contribution < -0.4 is 0 Å². The molecule has 4 nitrogen and oxygen atoms in total. The normalized spacial score (nSPS) is 12.1. The predicted molar refractivity (Wildman–Crippen MR) is 59.1 cm³/mol. The lowest BCUT2D eigenvalue weighted by molar-refractivity contribution is 0.0651. The topological polar surface area (TPSA) is 74.6 Å². The van der Waals surface area contributed by atoms with E-state index in [2.05, 4.69) is 0 Å². The van der Waals surface area contributed by atoms with Crippen LogP contribution in [0.1, 0.15) is 52.5 Å². The first-order chi connectivity index (χ1) is 7.47. The van der Waals surface area contributed by atoms with Crippen molar-refractivity contribution >= 4 is 11.9 Å². The summed E-state index contributed by atoms with van der Waals surface area (Å²) in [5, 5.41) is 17.8. The first-order valence-corrected chi connectivity index (χ1v) is 5.07. The maximum atomic E-state index is 10.9. The zero-order valence-electron chi connectivity index (χ0n) is 9.23. The van der Waals surface area contributed by atoms with E-state index in [1.165, 1.54) is 12.1 Å². The average Bonchev–Trinajstić information content (AvgIpc) is 2.26. The van der Waals surface area contributed by atoms with E-state index in [1.807, 2.05) is 13.8 Å². The Kier molecular flexibility index (Phi) is 3.66. The Balaban J connectivity index is 3.28. The van der Waals surface area contributed by atoms with Crippen molar-refractivity contribution in [3.05, 3.63) is 34.9 Å². The van der Waals surface area contributed by atoms with Crippen LogP contribution in [0.3, 0.4) is 0 Å². The number of carbonyl (C=O) groups is 2. The number of hydrogen-bond acceptors (Lipinski definition) is 2. The number of carboxylic acids is 2. The molecule has 0 heterocycles. The van der Waals surface area contributed by atoms with Gasteiger partial charge in [-0.2, -0.15) is 0 Å². The van der Waals surface area contributed by atoms with Crippen molar-refractivity contribution in [1.82, 2.24) is 0 Å². The fraction of sp³-hybridized carbons (Fsp3) is 0.333. The molecule has 0 fully saturated rings. The molecule has 0 spiro atoms. The second-order valence-electron chi connectivity index (χ2n) is 3.72. The van der Waals surface area contributed by atoms with E-state index in [1.54, 1.807) is 6.07 Å². The molecule has 16 heavy (non-hydrogen) atoms. The average molecular weight is 222 g/mol. The molecule has 86 valence electrons. The highest BCUT2D eigenvalue weighted by molar-refractivity contribution is 6.01. The smallest absolute Gasteiger partial charge is 0.336 e. The van der Waals surface area contributed by atoms with Crippen molar-refractivity contribution in [2.24, 2.45) is 0 Å². The van der Waals surface area contributed by atoms with Gasteiger partial charge in [0.05, 0.1) is 11.1 Å². The summed E-state index contributed by atoms with van der Waals surface area (Å²) in [6.07, 6.45) is 0.880. The third-order valence-electron chi connectivity index (χ3n) is 2.69. The Morgan fingerprint density at radius 1 is 1.19 bits per heavy atom. The highest BCUT2D eigenvalue weighted by Gasteiger charge is 2.17. The second kappa shape index (κ2) is 4.79. The van der Waals surface area contributed by atoms with E-state index in [0.717, 1.165) is 12.0 Å². The number of carboxylic acid groups (broad SMARTS) is 2. The van der Waals surface area contributed by atoms with Gasteiger partial charge >= 0.3 is 11.9 Å². The van der Waals surface area contributed by atoms with Gasteiger partial charge in [-0.15, -0.1) is 0 Å². The number of aromatic carboxylic acids is 2. The zero-order valence-corrected chi connectivity index (χ0v) is 9.23. The highest BCUT2D eigenvalue weighted by Crippen LogP contribution is 2.22. The Morgan fingerprint density at radius 2 is 1.75 bits per heavy atom. The number of hydrogen-bond donors (Lipinski definition) is 2. The molecular formula is C12H14O4. The molecule has 1 aromatic rings. The minimum absolute atomic E-state index is 0.148. The lowest BCUT2D eigenvalue weighted by Crippen LogP contribution is -2.09. The summed E-state index contributed by atoms with van der Waals surface area (Å²) in [5.41, 5.74) is 0.537. The van der Waals surface area contributed by atoms with Crippen molar-refractivity contribution in [2.75, 3.05) is 0 Å². The maximum absolute atomic E-state index is 10.9. The quantitative estimate of drug-likeness (QED) is 0.821. The molecule has 1 aromatic carbocycles. The molecule has 0 bridgehead atoms. The Labute approximate surface area is 93.5 Å². The molecule has 0 aliphatic rings. The number of rotatable bonds is 4. The Morgan fingerprint density at radius 3 is 2.19 bits per heavy atom. The van der Waals surface area contributed by atoms with Crippen molar-refractivity contribution in [2.45, 2.75) is 26.2 Å². The van der Waals surface area contributed by atoms with Crippen LogP contribution >= 0.6 is 0 Å². The highest BCUT2D eigenvalue weighted by atomic mass is 16.4. The van der Waals surface area contributed by atoms with Crippen LogP contribution in [-0.2, 0) is 0 Å². The van der Waals surface area contributed by atoms with Crippen LogP contribution in [0.5, 0.6) is 0 Å². The first-order valence-electron chi connectivity index (χ1n) is 5.07. The summed E-state index contributed by atoms with van der Waals surface area (Å²) >= 11 is 0.